The number of imidazole rings is 1. The Kier molecular flexibility index (Phi) is 5.37. The number of aromatic amines is 1. The molecule has 8 heteroatoms. The van der Waals surface area contributed by atoms with E-state index in [-0.39, 0.29) is 24.8 Å². The average molecular weight is 419 g/mol. The maximum absolute atomic E-state index is 13.6. The maximum Gasteiger partial charge on any atom is 0.404 e. The number of nitrogens with zero attached hydrogens (tertiary/aromatic N) is 2. The first kappa shape index (κ1) is 20.5. The van der Waals surface area contributed by atoms with Crippen LogP contribution in [0.1, 0.15) is 36.6 Å². The van der Waals surface area contributed by atoms with Gasteiger partial charge >= 0.3 is 11.8 Å². The van der Waals surface area contributed by atoms with Gasteiger partial charge in [0.25, 0.3) is 0 Å². The molecule has 0 spiro atoms. The highest BCUT2D eigenvalue weighted by Gasteiger charge is 2.25. The molecule has 4 rings (SSSR count). The number of para-hydroxylation sites is 2. The van der Waals surface area contributed by atoms with E-state index in [1.807, 2.05) is 68.8 Å². The highest BCUT2D eigenvalue weighted by Crippen LogP contribution is 2.31. The lowest BCUT2D eigenvalue weighted by atomic mass is 10.0. The average Bonchev–Trinajstić information content (AvgIpc) is 3.30. The summed E-state index contributed by atoms with van der Waals surface area (Å²) in [6.07, 6.45) is 2.68. The van der Waals surface area contributed by atoms with Crippen LogP contribution < -0.4 is 11.4 Å². The Hall–Kier alpha value is -3.81. The van der Waals surface area contributed by atoms with Gasteiger partial charge in [0.05, 0.1) is 23.1 Å². The summed E-state index contributed by atoms with van der Waals surface area (Å²) in [5.41, 5.74) is 9.26. The van der Waals surface area contributed by atoms with Gasteiger partial charge in [0.1, 0.15) is 6.61 Å². The Balaban J connectivity index is 1.91. The van der Waals surface area contributed by atoms with Crippen LogP contribution in [-0.2, 0) is 9.53 Å². The minimum absolute atomic E-state index is 0.109. The zero-order valence-corrected chi connectivity index (χ0v) is 17.3. The van der Waals surface area contributed by atoms with Gasteiger partial charge in [-0.25, -0.2) is 9.59 Å². The predicted molar refractivity (Wildman–Crippen MR) is 118 cm³/mol. The zero-order valence-electron chi connectivity index (χ0n) is 17.3. The van der Waals surface area contributed by atoms with Crippen LogP contribution in [0.15, 0.2) is 53.5 Å². The number of ether oxygens (including phenoxy) is 1. The number of nitrogens with two attached hydrogens (primary N) is 1. The summed E-state index contributed by atoms with van der Waals surface area (Å²) >= 11 is 0. The van der Waals surface area contributed by atoms with Crippen molar-refractivity contribution in [3.05, 3.63) is 70.3 Å². The molecule has 2 aromatic carbocycles. The fraction of sp³-hybridized carbons (Fsp3) is 0.261. The standard InChI is InChI=1S/C23H23N4O4/c1-14-6-5-7-18-21(14)17(12-25-18)15(2)26-19-8-3-4-9-20(19)27(23(26)30)16(10-11-28)13-31-22(24)29/h3-9,12,15-16,25H,10,13H2,1-2H3,(H2,24,29). The van der Waals surface area contributed by atoms with E-state index in [1.165, 1.54) is 4.57 Å². The molecule has 0 aliphatic rings. The number of fused-ring (bicyclic) bond motifs is 2. The van der Waals surface area contributed by atoms with Crippen molar-refractivity contribution in [2.24, 2.45) is 5.73 Å². The lowest BCUT2D eigenvalue weighted by molar-refractivity contribution is 0.138. The van der Waals surface area contributed by atoms with E-state index in [2.05, 4.69) is 4.98 Å². The van der Waals surface area contributed by atoms with Crippen molar-refractivity contribution in [1.29, 1.82) is 0 Å². The first-order valence-corrected chi connectivity index (χ1v) is 9.99. The van der Waals surface area contributed by atoms with Crippen LogP contribution in [0.25, 0.3) is 21.9 Å². The Morgan fingerprint density at radius 2 is 1.87 bits per heavy atom. The predicted octanol–water partition coefficient (Wildman–Crippen LogP) is 3.34. The van der Waals surface area contributed by atoms with E-state index in [4.69, 9.17) is 10.5 Å². The number of H-pyrrole nitrogens is 1. The summed E-state index contributed by atoms with van der Waals surface area (Å²) in [7, 11) is 0. The summed E-state index contributed by atoms with van der Waals surface area (Å²) in [4.78, 5) is 39.2. The quantitative estimate of drug-likeness (QED) is 0.478. The van der Waals surface area contributed by atoms with Gasteiger partial charge in [-0.15, -0.1) is 0 Å². The zero-order chi connectivity index (χ0) is 22.1. The molecule has 3 N–H and O–H groups in total. The van der Waals surface area contributed by atoms with Crippen LogP contribution in [-0.4, -0.2) is 33.1 Å². The Bertz CT molecular complexity index is 1330. The third kappa shape index (κ3) is 3.50. The van der Waals surface area contributed by atoms with Crippen molar-refractivity contribution in [1.82, 2.24) is 14.1 Å². The first-order chi connectivity index (χ1) is 14.9. The smallest absolute Gasteiger partial charge is 0.404 e. The third-order valence-corrected chi connectivity index (χ3v) is 5.70. The van der Waals surface area contributed by atoms with Crippen LogP contribution in [0.5, 0.6) is 0 Å². The lowest BCUT2D eigenvalue weighted by Crippen LogP contribution is -2.32. The number of nitrogens with one attached hydrogen (secondary N) is 1. The second kappa shape index (κ2) is 8.14. The summed E-state index contributed by atoms with van der Waals surface area (Å²) in [5, 5.41) is 1.08. The molecule has 2 aromatic heterocycles. The van der Waals surface area contributed by atoms with Crippen molar-refractivity contribution in [3.63, 3.8) is 0 Å². The number of amides is 1. The molecule has 1 amide bonds. The van der Waals surface area contributed by atoms with E-state index < -0.39 is 12.1 Å². The molecule has 0 aliphatic heterocycles. The van der Waals surface area contributed by atoms with E-state index in [0.717, 1.165) is 27.5 Å². The fourth-order valence-electron chi connectivity index (χ4n) is 4.29. The summed E-state index contributed by atoms with van der Waals surface area (Å²) in [6, 6.07) is 12.4. The highest BCUT2D eigenvalue weighted by molar-refractivity contribution is 5.87. The Morgan fingerprint density at radius 1 is 1.16 bits per heavy atom. The molecule has 0 fully saturated rings. The molecule has 31 heavy (non-hydrogen) atoms. The molecule has 2 unspecified atom stereocenters. The van der Waals surface area contributed by atoms with Gasteiger partial charge < -0.3 is 15.5 Å². The number of rotatable bonds is 7. The second-order valence-corrected chi connectivity index (χ2v) is 7.56. The van der Waals surface area contributed by atoms with Crippen molar-refractivity contribution in [2.75, 3.05) is 6.61 Å². The highest BCUT2D eigenvalue weighted by atomic mass is 16.5. The van der Waals surface area contributed by atoms with Crippen LogP contribution in [0.4, 0.5) is 4.79 Å². The van der Waals surface area contributed by atoms with Gasteiger partial charge in [0, 0.05) is 29.1 Å². The topological polar surface area (TPSA) is 112 Å². The number of aromatic nitrogens is 3. The fourth-order valence-corrected chi connectivity index (χ4v) is 4.29. The normalized spacial score (nSPS) is 13.4. The molecule has 2 heterocycles. The van der Waals surface area contributed by atoms with Gasteiger partial charge in [-0.2, -0.15) is 0 Å². The third-order valence-electron chi connectivity index (χ3n) is 5.70. The number of carbonyl (C=O) groups is 1. The van der Waals surface area contributed by atoms with Crippen molar-refractivity contribution < 1.29 is 14.3 Å². The monoisotopic (exact) mass is 419 g/mol. The van der Waals surface area contributed by atoms with Crippen LogP contribution in [0, 0.1) is 6.92 Å². The number of hydrogen-bond donors (Lipinski definition) is 2. The molecule has 0 aliphatic carbocycles. The molecule has 2 atom stereocenters. The first-order valence-electron chi connectivity index (χ1n) is 9.99. The van der Waals surface area contributed by atoms with E-state index in [9.17, 15) is 14.4 Å². The van der Waals surface area contributed by atoms with E-state index in [1.54, 1.807) is 4.57 Å². The van der Waals surface area contributed by atoms with Crippen LogP contribution >= 0.6 is 0 Å². The number of hydrogen-bond acceptors (Lipinski definition) is 4. The SMILES string of the molecule is Cc1cccc2[nH]cc(C(C)n3c(=O)n(C(C[C]=O)COC(N)=O)c4ccccc43)c12. The molecule has 1 radical (unpaired) electrons. The summed E-state index contributed by atoms with van der Waals surface area (Å²) in [5.74, 6) is 0. The van der Waals surface area contributed by atoms with Crippen molar-refractivity contribution >= 4 is 34.3 Å². The number of primary amides is 1. The molecule has 8 nitrogen and oxygen atoms in total. The number of aryl methyl sites for hydroxylation is 1. The maximum atomic E-state index is 13.6. The molecule has 0 saturated heterocycles. The van der Waals surface area contributed by atoms with Gasteiger partial charge in [0.2, 0.25) is 6.29 Å². The van der Waals surface area contributed by atoms with E-state index >= 15 is 0 Å². The number of carbonyl (C=O) groups excluding carboxylic acids is 2. The molecular weight excluding hydrogens is 396 g/mol. The van der Waals surface area contributed by atoms with Crippen LogP contribution in [0.2, 0.25) is 0 Å². The lowest BCUT2D eigenvalue weighted by Gasteiger charge is -2.16. The molecule has 0 bridgehead atoms. The second-order valence-electron chi connectivity index (χ2n) is 7.56. The van der Waals surface area contributed by atoms with Gasteiger partial charge in [0.15, 0.2) is 0 Å². The molecular formula is C23H23N4O4. The van der Waals surface area contributed by atoms with Crippen molar-refractivity contribution in [3.8, 4) is 0 Å². The molecule has 4 aromatic rings. The largest absolute Gasteiger partial charge is 0.447 e. The minimum atomic E-state index is -0.963. The minimum Gasteiger partial charge on any atom is -0.447 e. The summed E-state index contributed by atoms with van der Waals surface area (Å²) < 4.78 is 8.10. The number of benzene rings is 2. The summed E-state index contributed by atoms with van der Waals surface area (Å²) in [6.45, 7) is 3.81. The van der Waals surface area contributed by atoms with E-state index in [0.29, 0.717) is 5.52 Å². The Morgan fingerprint density at radius 3 is 2.55 bits per heavy atom. The molecule has 0 saturated carbocycles. The Labute approximate surface area is 178 Å². The van der Waals surface area contributed by atoms with Gasteiger partial charge in [-0.05, 0) is 37.6 Å². The van der Waals surface area contributed by atoms with Gasteiger partial charge in [-0.3, -0.25) is 13.9 Å². The van der Waals surface area contributed by atoms with Crippen LogP contribution in [0.3, 0.4) is 0 Å². The van der Waals surface area contributed by atoms with Gasteiger partial charge in [-0.1, -0.05) is 24.3 Å². The molecule has 159 valence electrons. The van der Waals surface area contributed by atoms with Crippen molar-refractivity contribution in [2.45, 2.75) is 32.4 Å².